The van der Waals surface area contributed by atoms with Crippen LogP contribution in [0.1, 0.15) is 9.75 Å². The third-order valence-electron chi connectivity index (χ3n) is 3.33. The van der Waals surface area contributed by atoms with Crippen LogP contribution in [-0.2, 0) is 13.0 Å². The second-order valence-electron chi connectivity index (χ2n) is 5.09. The fourth-order valence-corrected chi connectivity index (χ4v) is 5.09. The van der Waals surface area contributed by atoms with Crippen molar-refractivity contribution in [2.24, 2.45) is 5.73 Å². The summed E-state index contributed by atoms with van der Waals surface area (Å²) in [5.41, 5.74) is 7.65. The number of nitrogens with one attached hydrogen (secondary N) is 1. The van der Waals surface area contributed by atoms with Gasteiger partial charge < -0.3 is 16.2 Å². The van der Waals surface area contributed by atoms with E-state index in [0.29, 0.717) is 11.6 Å². The molecule has 0 bridgehead atoms. The maximum Gasteiger partial charge on any atom is 0.131 e. The average molecular weight is 433 g/mol. The molecular formula is C15H15BrClN3OS2. The van der Waals surface area contributed by atoms with Gasteiger partial charge in [-0.1, -0.05) is 17.7 Å². The molecule has 3 aromatic heterocycles. The predicted molar refractivity (Wildman–Crippen MR) is 103 cm³/mol. The van der Waals surface area contributed by atoms with E-state index in [1.54, 1.807) is 22.7 Å². The topological polar surface area (TPSA) is 71.2 Å². The van der Waals surface area contributed by atoms with Crippen LogP contribution in [0.25, 0.3) is 10.2 Å². The van der Waals surface area contributed by atoms with Crippen molar-refractivity contribution in [3.63, 3.8) is 0 Å². The lowest BCUT2D eigenvalue weighted by Gasteiger charge is -2.06. The number of pyridine rings is 1. The Kier molecular flexibility index (Phi) is 5.56. The lowest BCUT2D eigenvalue weighted by molar-refractivity contribution is 0.265. The minimum atomic E-state index is -0.280. The second kappa shape index (κ2) is 7.46. The molecule has 3 rings (SSSR count). The molecule has 0 fully saturated rings. The monoisotopic (exact) mass is 431 g/mol. The minimum absolute atomic E-state index is 0.0433. The summed E-state index contributed by atoms with van der Waals surface area (Å²) in [4.78, 5) is 6.74. The Labute approximate surface area is 155 Å². The molecular weight excluding hydrogens is 418 g/mol. The number of hydrogen-bond acceptors (Lipinski definition) is 6. The third-order valence-corrected chi connectivity index (χ3v) is 6.76. The fraction of sp³-hybridized carbons (Fsp3) is 0.267. The minimum Gasteiger partial charge on any atom is -0.395 e. The molecule has 0 aliphatic carbocycles. The highest BCUT2D eigenvalue weighted by molar-refractivity contribution is 9.10. The van der Waals surface area contributed by atoms with Crippen molar-refractivity contribution in [2.75, 3.05) is 11.9 Å². The summed E-state index contributed by atoms with van der Waals surface area (Å²) in [7, 11) is 0. The number of halogens is 2. The molecule has 0 aliphatic rings. The number of aliphatic hydroxyl groups is 1. The Morgan fingerprint density at radius 1 is 1.48 bits per heavy atom. The normalized spacial score (nSPS) is 12.7. The standard InChI is InChI=1S/C15H15BrClN3OS2/c16-13-11(4-8(18)7-21)23-15-10(5-12(17)20-14(13)15)19-6-9-2-1-3-22-9/h1-3,5,8,21H,4,6-7,18H2,(H,19,20)/t8-/m0/s1. The Morgan fingerprint density at radius 2 is 2.30 bits per heavy atom. The van der Waals surface area contributed by atoms with Crippen LogP contribution in [0, 0.1) is 0 Å². The molecule has 4 nitrogen and oxygen atoms in total. The van der Waals surface area contributed by atoms with Crippen LogP contribution in [0.2, 0.25) is 5.15 Å². The number of nitrogens with zero attached hydrogens (tertiary/aromatic N) is 1. The molecule has 23 heavy (non-hydrogen) atoms. The van der Waals surface area contributed by atoms with Gasteiger partial charge in [0, 0.05) is 34.8 Å². The van der Waals surface area contributed by atoms with Gasteiger partial charge >= 0.3 is 0 Å². The maximum atomic E-state index is 9.17. The highest BCUT2D eigenvalue weighted by Gasteiger charge is 2.17. The molecule has 3 heterocycles. The molecule has 0 unspecified atom stereocenters. The molecule has 1 atom stereocenters. The molecule has 8 heteroatoms. The number of hydrogen-bond donors (Lipinski definition) is 3. The van der Waals surface area contributed by atoms with E-state index in [0.717, 1.165) is 31.8 Å². The van der Waals surface area contributed by atoms with E-state index in [-0.39, 0.29) is 12.6 Å². The highest BCUT2D eigenvalue weighted by Crippen LogP contribution is 2.40. The van der Waals surface area contributed by atoms with E-state index in [1.807, 2.05) is 12.1 Å². The lowest BCUT2D eigenvalue weighted by Crippen LogP contribution is -2.26. The van der Waals surface area contributed by atoms with Gasteiger partial charge in [-0.15, -0.1) is 22.7 Å². The molecule has 0 spiro atoms. The van der Waals surface area contributed by atoms with Crippen molar-refractivity contribution in [2.45, 2.75) is 19.0 Å². The number of anilines is 1. The van der Waals surface area contributed by atoms with Crippen molar-refractivity contribution >= 4 is 66.1 Å². The lowest BCUT2D eigenvalue weighted by atomic mass is 10.2. The van der Waals surface area contributed by atoms with Crippen molar-refractivity contribution in [1.29, 1.82) is 0 Å². The molecule has 3 aromatic rings. The van der Waals surface area contributed by atoms with Gasteiger partial charge in [0.15, 0.2) is 0 Å². The number of rotatable bonds is 6. The highest BCUT2D eigenvalue weighted by atomic mass is 79.9. The van der Waals surface area contributed by atoms with Gasteiger partial charge in [0.2, 0.25) is 0 Å². The smallest absolute Gasteiger partial charge is 0.131 e. The summed E-state index contributed by atoms with van der Waals surface area (Å²) in [5.74, 6) is 0. The maximum absolute atomic E-state index is 9.17. The quantitative estimate of drug-likeness (QED) is 0.509. The van der Waals surface area contributed by atoms with E-state index < -0.39 is 0 Å². The van der Waals surface area contributed by atoms with E-state index in [4.69, 9.17) is 22.4 Å². The summed E-state index contributed by atoms with van der Waals surface area (Å²) in [5, 5.41) is 15.1. The Balaban J connectivity index is 1.95. The Morgan fingerprint density at radius 3 is 3.00 bits per heavy atom. The molecule has 0 saturated heterocycles. The summed E-state index contributed by atoms with van der Waals surface area (Å²) in [6.07, 6.45) is 0.597. The van der Waals surface area contributed by atoms with Crippen LogP contribution < -0.4 is 11.1 Å². The fourth-order valence-electron chi connectivity index (χ4n) is 2.21. The van der Waals surface area contributed by atoms with Crippen LogP contribution in [0.15, 0.2) is 28.1 Å². The van der Waals surface area contributed by atoms with Crippen molar-refractivity contribution in [3.05, 3.63) is 43.0 Å². The Bertz CT molecular complexity index is 807. The number of nitrogens with two attached hydrogens (primary N) is 1. The zero-order chi connectivity index (χ0) is 16.4. The van der Waals surface area contributed by atoms with Crippen LogP contribution >= 0.6 is 50.2 Å². The van der Waals surface area contributed by atoms with Gasteiger partial charge in [0.1, 0.15) is 5.15 Å². The van der Waals surface area contributed by atoms with Gasteiger partial charge in [0.05, 0.1) is 27.0 Å². The van der Waals surface area contributed by atoms with Crippen LogP contribution in [0.5, 0.6) is 0 Å². The zero-order valence-corrected chi connectivity index (χ0v) is 16.0. The molecule has 0 amide bonds. The first-order chi connectivity index (χ1) is 11.1. The zero-order valence-electron chi connectivity index (χ0n) is 12.1. The largest absolute Gasteiger partial charge is 0.395 e. The molecule has 4 N–H and O–H groups in total. The predicted octanol–water partition coefficient (Wildman–Crippen LogP) is 4.25. The van der Waals surface area contributed by atoms with Crippen molar-refractivity contribution in [3.8, 4) is 0 Å². The molecule has 0 aliphatic heterocycles. The second-order valence-corrected chi connectivity index (χ2v) is 8.41. The van der Waals surface area contributed by atoms with Gasteiger partial charge in [-0.3, -0.25) is 0 Å². The van der Waals surface area contributed by atoms with E-state index in [2.05, 4.69) is 37.7 Å². The van der Waals surface area contributed by atoms with E-state index in [9.17, 15) is 0 Å². The van der Waals surface area contributed by atoms with Gasteiger partial charge in [-0.2, -0.15) is 0 Å². The first-order valence-corrected chi connectivity index (χ1v) is 9.85. The SMILES string of the molecule is N[C@H](CO)Cc1sc2c(NCc3cccs3)cc(Cl)nc2c1Br. The van der Waals surface area contributed by atoms with Crippen LogP contribution in [0.4, 0.5) is 5.69 Å². The number of aromatic nitrogens is 1. The van der Waals surface area contributed by atoms with E-state index in [1.165, 1.54) is 4.88 Å². The van der Waals surface area contributed by atoms with E-state index >= 15 is 0 Å². The molecule has 0 saturated carbocycles. The van der Waals surface area contributed by atoms with Gasteiger partial charge in [0.25, 0.3) is 0 Å². The van der Waals surface area contributed by atoms with Crippen molar-refractivity contribution in [1.82, 2.24) is 4.98 Å². The third kappa shape index (κ3) is 3.87. The number of fused-ring (bicyclic) bond motifs is 1. The summed E-state index contributed by atoms with van der Waals surface area (Å²) in [6, 6.07) is 5.69. The first-order valence-electron chi connectivity index (χ1n) is 6.98. The summed E-state index contributed by atoms with van der Waals surface area (Å²) >= 11 is 13.1. The molecule has 122 valence electrons. The molecule has 0 radical (unpaired) electrons. The summed E-state index contributed by atoms with van der Waals surface area (Å²) in [6.45, 7) is 0.701. The Hall–Kier alpha value is -0.700. The average Bonchev–Trinajstić information content (AvgIpc) is 3.15. The number of thiophene rings is 2. The van der Waals surface area contributed by atoms with Crippen LogP contribution in [0.3, 0.4) is 0 Å². The van der Waals surface area contributed by atoms with Gasteiger partial charge in [-0.05, 0) is 27.4 Å². The number of aliphatic hydroxyl groups excluding tert-OH is 1. The van der Waals surface area contributed by atoms with Crippen molar-refractivity contribution < 1.29 is 5.11 Å². The summed E-state index contributed by atoms with van der Waals surface area (Å²) < 4.78 is 1.95. The molecule has 0 aromatic carbocycles. The first kappa shape index (κ1) is 17.1. The van der Waals surface area contributed by atoms with Gasteiger partial charge in [-0.25, -0.2) is 4.98 Å². The van der Waals surface area contributed by atoms with Crippen LogP contribution in [-0.4, -0.2) is 22.7 Å².